The minimum absolute atomic E-state index is 0.100. The van der Waals surface area contributed by atoms with Crippen LogP contribution in [0.15, 0.2) is 66.7 Å². The number of hydrogen-bond acceptors (Lipinski definition) is 3. The fraction of sp³-hybridized carbons (Fsp3) is 0.150. The molecule has 6 heteroatoms. The second kappa shape index (κ2) is 8.62. The van der Waals surface area contributed by atoms with E-state index in [4.69, 9.17) is 0 Å². The van der Waals surface area contributed by atoms with Gasteiger partial charge in [0.1, 0.15) is 5.82 Å². The quantitative estimate of drug-likeness (QED) is 0.613. The van der Waals surface area contributed by atoms with Crippen molar-refractivity contribution < 1.29 is 9.59 Å². The van der Waals surface area contributed by atoms with Crippen molar-refractivity contribution in [3.05, 3.63) is 72.3 Å². The predicted octanol–water partition coefficient (Wildman–Crippen LogP) is 2.76. The van der Waals surface area contributed by atoms with Crippen LogP contribution in [0.25, 0.3) is 11.3 Å². The van der Waals surface area contributed by atoms with Gasteiger partial charge in [0.25, 0.3) is 0 Å². The zero-order valence-electron chi connectivity index (χ0n) is 14.2. The third kappa shape index (κ3) is 5.04. The molecule has 0 saturated heterocycles. The summed E-state index contributed by atoms with van der Waals surface area (Å²) in [5.41, 5.74) is 2.68. The first-order valence-electron chi connectivity index (χ1n) is 8.42. The van der Waals surface area contributed by atoms with Gasteiger partial charge in [0.15, 0.2) is 0 Å². The third-order valence-corrected chi connectivity index (χ3v) is 3.80. The highest BCUT2D eigenvalue weighted by Crippen LogP contribution is 2.18. The largest absolute Gasteiger partial charge is 0.355 e. The lowest BCUT2D eigenvalue weighted by Gasteiger charge is -2.05. The van der Waals surface area contributed by atoms with Crippen LogP contribution < -0.4 is 10.6 Å². The van der Waals surface area contributed by atoms with Crippen molar-refractivity contribution in [3.63, 3.8) is 0 Å². The van der Waals surface area contributed by atoms with E-state index in [1.165, 1.54) is 0 Å². The van der Waals surface area contributed by atoms with Gasteiger partial charge in [-0.25, -0.2) is 0 Å². The number of hydrogen-bond donors (Lipinski definition) is 3. The third-order valence-electron chi connectivity index (χ3n) is 3.80. The molecule has 6 nitrogen and oxygen atoms in total. The number of nitrogens with zero attached hydrogens (tertiary/aromatic N) is 1. The van der Waals surface area contributed by atoms with Crippen molar-refractivity contribution in [2.45, 2.75) is 12.8 Å². The van der Waals surface area contributed by atoms with Crippen molar-refractivity contribution >= 4 is 17.6 Å². The molecule has 1 heterocycles. The van der Waals surface area contributed by atoms with E-state index in [-0.39, 0.29) is 24.8 Å². The molecule has 2 amide bonds. The van der Waals surface area contributed by atoms with Gasteiger partial charge >= 0.3 is 0 Å². The van der Waals surface area contributed by atoms with Crippen LogP contribution in [0, 0.1) is 0 Å². The van der Waals surface area contributed by atoms with Gasteiger partial charge in [0, 0.05) is 24.6 Å². The zero-order valence-corrected chi connectivity index (χ0v) is 14.2. The Kier molecular flexibility index (Phi) is 5.77. The summed E-state index contributed by atoms with van der Waals surface area (Å²) in [5.74, 6) is 0.245. The molecule has 0 aliphatic carbocycles. The molecule has 0 bridgehead atoms. The van der Waals surface area contributed by atoms with Crippen LogP contribution in [0.3, 0.4) is 0 Å². The number of anilines is 1. The van der Waals surface area contributed by atoms with E-state index in [0.29, 0.717) is 12.2 Å². The number of nitrogens with one attached hydrogen (secondary N) is 3. The van der Waals surface area contributed by atoms with Gasteiger partial charge in [-0.1, -0.05) is 60.7 Å². The summed E-state index contributed by atoms with van der Waals surface area (Å²) >= 11 is 0. The highest BCUT2D eigenvalue weighted by Gasteiger charge is 2.08. The summed E-state index contributed by atoms with van der Waals surface area (Å²) in [4.78, 5) is 23.8. The van der Waals surface area contributed by atoms with Gasteiger partial charge in [-0.2, -0.15) is 5.10 Å². The molecular weight excluding hydrogens is 328 g/mol. The average Bonchev–Trinajstić information content (AvgIpc) is 3.11. The van der Waals surface area contributed by atoms with E-state index >= 15 is 0 Å². The van der Waals surface area contributed by atoms with E-state index in [2.05, 4.69) is 20.8 Å². The fourth-order valence-corrected chi connectivity index (χ4v) is 2.51. The molecule has 0 aliphatic heterocycles. The molecule has 3 N–H and O–H groups in total. The van der Waals surface area contributed by atoms with Gasteiger partial charge < -0.3 is 10.6 Å². The van der Waals surface area contributed by atoms with E-state index in [1.807, 2.05) is 60.7 Å². The smallest absolute Gasteiger partial charge is 0.227 e. The predicted molar refractivity (Wildman–Crippen MR) is 100 cm³/mol. The van der Waals surface area contributed by atoms with Crippen LogP contribution in [0.4, 0.5) is 5.82 Å². The summed E-state index contributed by atoms with van der Waals surface area (Å²) in [7, 11) is 0. The maximum atomic E-state index is 12.0. The first-order valence-corrected chi connectivity index (χ1v) is 8.42. The number of carbonyl (C=O) groups is 2. The SMILES string of the molecule is O=C(Cc1ccccc1)NCCC(=O)Nc1cc(-c2ccccc2)n[nH]1. The minimum Gasteiger partial charge on any atom is -0.355 e. The molecule has 132 valence electrons. The van der Waals surface area contributed by atoms with Gasteiger partial charge in [0.05, 0.1) is 12.1 Å². The molecular formula is C20H20N4O2. The standard InChI is InChI=1S/C20H20N4O2/c25-19(11-12-21-20(26)13-15-7-3-1-4-8-15)22-18-14-17(23-24-18)16-9-5-2-6-10-16/h1-10,14H,11-13H2,(H,21,26)(H2,22,23,24,25). The Morgan fingerprint density at radius 3 is 2.35 bits per heavy atom. The zero-order chi connectivity index (χ0) is 18.2. The van der Waals surface area contributed by atoms with Crippen LogP contribution in [-0.4, -0.2) is 28.6 Å². The molecule has 3 rings (SSSR count). The molecule has 0 fully saturated rings. The highest BCUT2D eigenvalue weighted by atomic mass is 16.2. The van der Waals surface area contributed by atoms with Gasteiger partial charge in [-0.3, -0.25) is 14.7 Å². The summed E-state index contributed by atoms with van der Waals surface area (Å²) in [6.45, 7) is 0.289. The van der Waals surface area contributed by atoms with Gasteiger partial charge in [-0.05, 0) is 5.56 Å². The van der Waals surface area contributed by atoms with E-state index in [1.54, 1.807) is 6.07 Å². The van der Waals surface area contributed by atoms with Crippen LogP contribution in [-0.2, 0) is 16.0 Å². The summed E-state index contributed by atoms with van der Waals surface area (Å²) < 4.78 is 0. The Morgan fingerprint density at radius 2 is 1.62 bits per heavy atom. The van der Waals surface area contributed by atoms with Crippen molar-refractivity contribution in [2.75, 3.05) is 11.9 Å². The second-order valence-electron chi connectivity index (χ2n) is 5.84. The lowest BCUT2D eigenvalue weighted by Crippen LogP contribution is -2.28. The first kappa shape index (κ1) is 17.4. The van der Waals surface area contributed by atoms with E-state index < -0.39 is 0 Å². The van der Waals surface area contributed by atoms with E-state index in [0.717, 1.165) is 16.8 Å². The Hall–Kier alpha value is -3.41. The molecule has 2 aromatic carbocycles. The van der Waals surface area contributed by atoms with Crippen molar-refractivity contribution in [1.82, 2.24) is 15.5 Å². The van der Waals surface area contributed by atoms with Crippen LogP contribution in [0.1, 0.15) is 12.0 Å². The fourth-order valence-electron chi connectivity index (χ4n) is 2.51. The lowest BCUT2D eigenvalue weighted by molar-refractivity contribution is -0.120. The molecule has 0 atom stereocenters. The highest BCUT2D eigenvalue weighted by molar-refractivity contribution is 5.90. The molecule has 26 heavy (non-hydrogen) atoms. The van der Waals surface area contributed by atoms with Crippen molar-refractivity contribution in [1.29, 1.82) is 0 Å². The normalized spacial score (nSPS) is 10.3. The van der Waals surface area contributed by atoms with Crippen LogP contribution >= 0.6 is 0 Å². The van der Waals surface area contributed by atoms with Gasteiger partial charge in [0.2, 0.25) is 11.8 Å². The monoisotopic (exact) mass is 348 g/mol. The molecule has 0 radical (unpaired) electrons. The first-order chi connectivity index (χ1) is 12.7. The number of carbonyl (C=O) groups excluding carboxylic acids is 2. The Balaban J connectivity index is 1.42. The summed E-state index contributed by atoms with van der Waals surface area (Å²) in [5, 5.41) is 12.5. The van der Waals surface area contributed by atoms with Crippen molar-refractivity contribution in [3.8, 4) is 11.3 Å². The molecule has 0 unspecified atom stereocenters. The maximum absolute atomic E-state index is 12.0. The lowest BCUT2D eigenvalue weighted by atomic mass is 10.1. The number of benzene rings is 2. The maximum Gasteiger partial charge on any atom is 0.227 e. The molecule has 3 aromatic rings. The second-order valence-corrected chi connectivity index (χ2v) is 5.84. The number of H-pyrrole nitrogens is 1. The Bertz CT molecular complexity index is 860. The topological polar surface area (TPSA) is 86.9 Å². The number of rotatable bonds is 7. The number of aromatic amines is 1. The number of amides is 2. The minimum atomic E-state index is -0.187. The molecule has 0 spiro atoms. The van der Waals surface area contributed by atoms with E-state index in [9.17, 15) is 9.59 Å². The Labute approximate surface area is 151 Å². The Morgan fingerprint density at radius 1 is 0.923 bits per heavy atom. The van der Waals surface area contributed by atoms with Crippen molar-refractivity contribution in [2.24, 2.45) is 0 Å². The summed E-state index contributed by atoms with van der Waals surface area (Å²) in [6, 6.07) is 21.0. The van der Waals surface area contributed by atoms with Crippen LogP contribution in [0.5, 0.6) is 0 Å². The number of aromatic nitrogens is 2. The average molecular weight is 348 g/mol. The molecule has 1 aromatic heterocycles. The van der Waals surface area contributed by atoms with Crippen LogP contribution in [0.2, 0.25) is 0 Å². The van der Waals surface area contributed by atoms with Gasteiger partial charge in [-0.15, -0.1) is 0 Å². The molecule has 0 aliphatic rings. The summed E-state index contributed by atoms with van der Waals surface area (Å²) in [6.07, 6.45) is 0.504. The molecule has 0 saturated carbocycles.